The van der Waals surface area contributed by atoms with Gasteiger partial charge in [-0.25, -0.2) is 0 Å². The van der Waals surface area contributed by atoms with Crippen molar-refractivity contribution < 1.29 is 19.4 Å². The Hall–Kier alpha value is -3.52. The highest BCUT2D eigenvalue weighted by Gasteiger charge is 2.48. The second-order valence-corrected chi connectivity index (χ2v) is 8.43. The van der Waals surface area contributed by atoms with Crippen LogP contribution in [0.1, 0.15) is 41.5 Å². The fraction of sp³-hybridized carbons (Fsp3) is 0.286. The normalized spacial score (nSPS) is 13.7. The summed E-state index contributed by atoms with van der Waals surface area (Å²) in [7, 11) is 1.56. The molecule has 35 heavy (non-hydrogen) atoms. The third kappa shape index (κ3) is 5.95. The third-order valence-electron chi connectivity index (χ3n) is 6.25. The summed E-state index contributed by atoms with van der Waals surface area (Å²) in [6, 6.07) is 24.9. The molecule has 0 saturated carbocycles. The summed E-state index contributed by atoms with van der Waals surface area (Å²) in [5.41, 5.74) is 12.2. The van der Waals surface area contributed by atoms with Gasteiger partial charge < -0.3 is 21.3 Å². The molecule has 3 rings (SSSR count). The summed E-state index contributed by atoms with van der Waals surface area (Å²) in [4.78, 5) is 27.5. The Morgan fingerprint density at radius 3 is 1.89 bits per heavy atom. The van der Waals surface area contributed by atoms with Crippen LogP contribution in [0.4, 0.5) is 0 Å². The van der Waals surface area contributed by atoms with Gasteiger partial charge in [-0.05, 0) is 48.2 Å². The van der Waals surface area contributed by atoms with Gasteiger partial charge in [0.2, 0.25) is 5.91 Å². The largest absolute Gasteiger partial charge is 0.497 e. The van der Waals surface area contributed by atoms with Crippen LogP contribution in [0, 0.1) is 0 Å². The summed E-state index contributed by atoms with van der Waals surface area (Å²) in [5, 5.41) is 13.4. The number of aliphatic hydroxyl groups is 1. The van der Waals surface area contributed by atoms with Crippen molar-refractivity contribution in [3.05, 3.63) is 102 Å². The van der Waals surface area contributed by atoms with Crippen molar-refractivity contribution in [2.45, 2.75) is 30.3 Å². The zero-order valence-corrected chi connectivity index (χ0v) is 19.9. The van der Waals surface area contributed by atoms with E-state index >= 15 is 0 Å². The summed E-state index contributed by atoms with van der Waals surface area (Å²) in [5.74, 6) is -1.29. The Morgan fingerprint density at radius 1 is 0.914 bits per heavy atom. The Kier molecular flexibility index (Phi) is 9.14. The lowest BCUT2D eigenvalue weighted by Crippen LogP contribution is -2.63. The van der Waals surface area contributed by atoms with E-state index in [4.69, 9.17) is 16.2 Å². The molecule has 0 fully saturated rings. The molecule has 7 nitrogen and oxygen atoms in total. The maximum absolute atomic E-state index is 14.4. The molecule has 1 amide bonds. The van der Waals surface area contributed by atoms with Crippen LogP contribution >= 0.6 is 0 Å². The molecule has 0 saturated heterocycles. The Bertz CT molecular complexity index is 1050. The number of aliphatic hydroxyl groups excluding tert-OH is 1. The molecule has 1 unspecified atom stereocenters. The first kappa shape index (κ1) is 26.1. The van der Waals surface area contributed by atoms with Crippen molar-refractivity contribution in [3.8, 4) is 5.75 Å². The van der Waals surface area contributed by atoms with Crippen LogP contribution in [-0.4, -0.2) is 42.6 Å². The average molecular weight is 476 g/mol. The van der Waals surface area contributed by atoms with Gasteiger partial charge in [-0.2, -0.15) is 0 Å². The van der Waals surface area contributed by atoms with E-state index in [9.17, 15) is 14.7 Å². The number of rotatable bonds is 13. The number of Topliss-reactive ketones (excluding diaryl/α,β-unsaturated/α-hetero) is 1. The molecule has 0 aliphatic rings. The van der Waals surface area contributed by atoms with Crippen molar-refractivity contribution in [2.75, 3.05) is 20.3 Å². The molecular weight excluding hydrogens is 442 g/mol. The molecule has 2 atom stereocenters. The molecule has 3 aromatic carbocycles. The molecule has 0 aliphatic heterocycles. The van der Waals surface area contributed by atoms with Gasteiger partial charge in [-0.3, -0.25) is 14.9 Å². The van der Waals surface area contributed by atoms with Crippen LogP contribution in [0.25, 0.3) is 0 Å². The monoisotopic (exact) mass is 475 g/mol. The van der Waals surface area contributed by atoms with E-state index in [0.717, 1.165) is 11.1 Å². The van der Waals surface area contributed by atoms with Crippen molar-refractivity contribution in [2.24, 2.45) is 11.5 Å². The first-order valence-electron chi connectivity index (χ1n) is 11.6. The number of methoxy groups -OCH3 is 1. The van der Waals surface area contributed by atoms with E-state index in [1.807, 2.05) is 60.7 Å². The second-order valence-electron chi connectivity index (χ2n) is 8.43. The number of ketones is 1. The highest BCUT2D eigenvalue weighted by Crippen LogP contribution is 2.33. The lowest BCUT2D eigenvalue weighted by molar-refractivity contribution is -0.137. The zero-order chi connectivity index (χ0) is 25.3. The maximum Gasteiger partial charge on any atom is 0.245 e. The van der Waals surface area contributed by atoms with Crippen LogP contribution in [-0.2, 0) is 9.59 Å². The molecular formula is C28H33N3O4. The molecule has 3 aromatic rings. The fourth-order valence-corrected chi connectivity index (χ4v) is 4.35. The van der Waals surface area contributed by atoms with E-state index < -0.39 is 23.4 Å². The number of primary amides is 1. The van der Waals surface area contributed by atoms with Gasteiger partial charge in [0.1, 0.15) is 5.75 Å². The van der Waals surface area contributed by atoms with E-state index in [-0.39, 0.29) is 25.4 Å². The Morgan fingerprint density at radius 2 is 1.46 bits per heavy atom. The van der Waals surface area contributed by atoms with Crippen LogP contribution in [0.2, 0.25) is 0 Å². The number of nitrogens with one attached hydrogen (secondary N) is 1. The SMILES string of the molecule is COc1ccc(C(CO)N[C@@](CCCN)(C(N)=O)C(=O)C(c2ccccc2)c2ccccc2)cc1. The molecule has 0 aromatic heterocycles. The number of carbonyl (C=O) groups excluding carboxylic acids is 2. The summed E-state index contributed by atoms with van der Waals surface area (Å²) in [6.07, 6.45) is 0.485. The standard InChI is InChI=1S/C28H33N3O4/c1-35-23-15-13-20(14-16-23)24(19-32)31-28(27(30)34,17-8-18-29)26(33)25(21-9-4-2-5-10-21)22-11-6-3-7-12-22/h2-7,9-16,24-25,31-32H,8,17-19,29H2,1H3,(H2,30,34)/t24?,28-/m1/s1. The lowest BCUT2D eigenvalue weighted by atomic mass is 9.75. The molecule has 6 N–H and O–H groups in total. The van der Waals surface area contributed by atoms with Crippen molar-refractivity contribution in [3.63, 3.8) is 0 Å². The molecule has 184 valence electrons. The summed E-state index contributed by atoms with van der Waals surface area (Å²) in [6.45, 7) is -0.0732. The third-order valence-corrected chi connectivity index (χ3v) is 6.25. The first-order valence-corrected chi connectivity index (χ1v) is 11.6. The zero-order valence-electron chi connectivity index (χ0n) is 19.9. The topological polar surface area (TPSA) is 128 Å². The number of hydrogen-bond acceptors (Lipinski definition) is 6. The summed E-state index contributed by atoms with van der Waals surface area (Å²) >= 11 is 0. The number of hydrogen-bond donors (Lipinski definition) is 4. The molecule has 0 aliphatic carbocycles. The first-order chi connectivity index (χ1) is 17.0. The minimum atomic E-state index is -1.76. The Balaban J connectivity index is 2.11. The number of amides is 1. The van der Waals surface area contributed by atoms with Crippen LogP contribution in [0.3, 0.4) is 0 Å². The van der Waals surface area contributed by atoms with Gasteiger partial charge in [0.15, 0.2) is 11.3 Å². The highest BCUT2D eigenvalue weighted by atomic mass is 16.5. The van der Waals surface area contributed by atoms with E-state index in [0.29, 0.717) is 17.7 Å². The van der Waals surface area contributed by atoms with Crippen LogP contribution in [0.15, 0.2) is 84.9 Å². The predicted molar refractivity (Wildman–Crippen MR) is 136 cm³/mol. The van der Waals surface area contributed by atoms with Gasteiger partial charge in [0.25, 0.3) is 0 Å². The molecule has 7 heteroatoms. The minimum Gasteiger partial charge on any atom is -0.497 e. The fourth-order valence-electron chi connectivity index (χ4n) is 4.35. The molecule has 0 radical (unpaired) electrons. The van der Waals surface area contributed by atoms with Crippen molar-refractivity contribution in [1.29, 1.82) is 0 Å². The number of carbonyl (C=O) groups is 2. The lowest BCUT2D eigenvalue weighted by Gasteiger charge is -2.37. The van der Waals surface area contributed by atoms with Crippen LogP contribution < -0.4 is 21.5 Å². The molecule has 0 heterocycles. The summed E-state index contributed by atoms with van der Waals surface area (Å²) < 4.78 is 5.22. The van der Waals surface area contributed by atoms with E-state index in [2.05, 4.69) is 5.32 Å². The van der Waals surface area contributed by atoms with Gasteiger partial charge >= 0.3 is 0 Å². The smallest absolute Gasteiger partial charge is 0.245 e. The maximum atomic E-state index is 14.4. The van der Waals surface area contributed by atoms with Crippen LogP contribution in [0.5, 0.6) is 5.75 Å². The highest BCUT2D eigenvalue weighted by molar-refractivity contribution is 6.13. The van der Waals surface area contributed by atoms with Crippen molar-refractivity contribution >= 4 is 11.7 Å². The molecule has 0 bridgehead atoms. The van der Waals surface area contributed by atoms with Gasteiger partial charge in [0.05, 0.1) is 25.7 Å². The van der Waals surface area contributed by atoms with Gasteiger partial charge in [0, 0.05) is 0 Å². The average Bonchev–Trinajstić information content (AvgIpc) is 2.90. The van der Waals surface area contributed by atoms with Gasteiger partial charge in [-0.15, -0.1) is 0 Å². The number of ether oxygens (including phenoxy) is 1. The van der Waals surface area contributed by atoms with Crippen molar-refractivity contribution in [1.82, 2.24) is 5.32 Å². The van der Waals surface area contributed by atoms with E-state index in [1.54, 1.807) is 31.4 Å². The van der Waals surface area contributed by atoms with Gasteiger partial charge in [-0.1, -0.05) is 72.8 Å². The quantitative estimate of drug-likeness (QED) is 0.282. The Labute approximate surface area is 206 Å². The number of benzene rings is 3. The minimum absolute atomic E-state index is 0.0977. The molecule has 0 spiro atoms. The number of nitrogens with two attached hydrogens (primary N) is 2. The predicted octanol–water partition coefficient (Wildman–Crippen LogP) is 2.68. The van der Waals surface area contributed by atoms with E-state index in [1.165, 1.54) is 0 Å². The second kappa shape index (κ2) is 12.3.